The lowest BCUT2D eigenvalue weighted by Crippen LogP contribution is -2.47. The molecule has 2 fully saturated rings. The highest BCUT2D eigenvalue weighted by Crippen LogP contribution is 2.25. The maximum Gasteiger partial charge on any atom is 0.244 e. The summed E-state index contributed by atoms with van der Waals surface area (Å²) in [7, 11) is 0. The summed E-state index contributed by atoms with van der Waals surface area (Å²) < 4.78 is 1.61. The Morgan fingerprint density at radius 2 is 2.15 bits per heavy atom. The second-order valence-corrected chi connectivity index (χ2v) is 7.32. The van der Waals surface area contributed by atoms with Crippen molar-refractivity contribution in [3.05, 3.63) is 35.4 Å². The molecular formula is C18H23ClN6O2. The maximum absolute atomic E-state index is 12.9. The number of nitrogens with one attached hydrogen (secondary N) is 4. The van der Waals surface area contributed by atoms with E-state index in [2.05, 4.69) is 26.6 Å². The number of hydrogen-bond donors (Lipinski definition) is 5. The van der Waals surface area contributed by atoms with Crippen molar-refractivity contribution in [2.75, 3.05) is 25.0 Å². The molecule has 2 aromatic rings. The van der Waals surface area contributed by atoms with Crippen LogP contribution in [0.2, 0.25) is 5.02 Å². The SMILES string of the molecule is O=C(Nc1cc(-c2ccc(Cl)cc2)nn1CCO)C1NNC2CCNCC21. The monoisotopic (exact) mass is 390 g/mol. The molecule has 3 unspecified atom stereocenters. The van der Waals surface area contributed by atoms with Gasteiger partial charge in [0.1, 0.15) is 11.9 Å². The predicted octanol–water partition coefficient (Wildman–Crippen LogP) is 0.589. The van der Waals surface area contributed by atoms with Crippen molar-refractivity contribution in [2.24, 2.45) is 5.92 Å². The number of benzene rings is 1. The Balaban J connectivity index is 1.53. The molecule has 0 spiro atoms. The summed E-state index contributed by atoms with van der Waals surface area (Å²) in [6, 6.07) is 9.14. The highest BCUT2D eigenvalue weighted by atomic mass is 35.5. The first kappa shape index (κ1) is 18.4. The quantitative estimate of drug-likeness (QED) is 0.512. The average Bonchev–Trinajstić information content (AvgIpc) is 3.27. The van der Waals surface area contributed by atoms with Crippen LogP contribution in [0.1, 0.15) is 6.42 Å². The van der Waals surface area contributed by atoms with Gasteiger partial charge in [-0.25, -0.2) is 10.1 Å². The molecule has 1 aromatic heterocycles. The molecule has 4 rings (SSSR count). The third-order valence-corrected chi connectivity index (χ3v) is 5.40. The van der Waals surface area contributed by atoms with Gasteiger partial charge in [-0.05, 0) is 25.1 Å². The third kappa shape index (κ3) is 3.85. The van der Waals surface area contributed by atoms with E-state index in [0.29, 0.717) is 29.1 Å². The largest absolute Gasteiger partial charge is 0.394 e. The van der Waals surface area contributed by atoms with Crippen LogP contribution in [-0.2, 0) is 11.3 Å². The van der Waals surface area contributed by atoms with Crippen LogP contribution in [-0.4, -0.2) is 52.6 Å². The molecule has 1 amide bonds. The second kappa shape index (κ2) is 7.95. The number of hydrazine groups is 1. The number of amides is 1. The zero-order chi connectivity index (χ0) is 18.8. The normalized spacial score (nSPS) is 24.6. The summed E-state index contributed by atoms with van der Waals surface area (Å²) in [5, 5.41) is 20.8. The Kier molecular flexibility index (Phi) is 5.42. The lowest BCUT2D eigenvalue weighted by atomic mass is 9.89. The molecule has 2 aliphatic heterocycles. The molecule has 144 valence electrons. The molecule has 9 heteroatoms. The van der Waals surface area contributed by atoms with Gasteiger partial charge in [0.15, 0.2) is 0 Å². The summed E-state index contributed by atoms with van der Waals surface area (Å²) in [5.41, 5.74) is 7.95. The minimum Gasteiger partial charge on any atom is -0.394 e. The Labute approximate surface area is 162 Å². The van der Waals surface area contributed by atoms with Crippen LogP contribution >= 0.6 is 11.6 Å². The number of fused-ring (bicyclic) bond motifs is 1. The predicted molar refractivity (Wildman–Crippen MR) is 103 cm³/mol. The summed E-state index contributed by atoms with van der Waals surface area (Å²) >= 11 is 5.95. The van der Waals surface area contributed by atoms with Crippen molar-refractivity contribution < 1.29 is 9.90 Å². The number of aromatic nitrogens is 2. The Morgan fingerprint density at radius 3 is 2.93 bits per heavy atom. The number of hydrogen-bond acceptors (Lipinski definition) is 6. The fraction of sp³-hybridized carbons (Fsp3) is 0.444. The van der Waals surface area contributed by atoms with Crippen LogP contribution in [0.3, 0.4) is 0 Å². The lowest BCUT2D eigenvalue weighted by Gasteiger charge is -2.27. The van der Waals surface area contributed by atoms with Crippen molar-refractivity contribution in [1.82, 2.24) is 25.9 Å². The van der Waals surface area contributed by atoms with Gasteiger partial charge in [-0.1, -0.05) is 23.7 Å². The zero-order valence-corrected chi connectivity index (χ0v) is 15.5. The molecular weight excluding hydrogens is 368 g/mol. The number of rotatable bonds is 5. The summed E-state index contributed by atoms with van der Waals surface area (Å²) in [4.78, 5) is 12.9. The number of carbonyl (C=O) groups excluding carboxylic acids is 1. The Morgan fingerprint density at radius 1 is 1.33 bits per heavy atom. The van der Waals surface area contributed by atoms with E-state index < -0.39 is 0 Å². The van der Waals surface area contributed by atoms with Crippen LogP contribution in [0.15, 0.2) is 30.3 Å². The van der Waals surface area contributed by atoms with Crippen LogP contribution in [0.4, 0.5) is 5.82 Å². The van der Waals surface area contributed by atoms with Gasteiger partial charge < -0.3 is 15.7 Å². The fourth-order valence-corrected chi connectivity index (χ4v) is 3.85. The molecule has 0 radical (unpaired) electrons. The highest BCUT2D eigenvalue weighted by Gasteiger charge is 2.41. The number of halogens is 1. The van der Waals surface area contributed by atoms with Gasteiger partial charge in [0.25, 0.3) is 0 Å². The Hall–Kier alpha value is -1.97. The molecule has 8 nitrogen and oxygen atoms in total. The van der Waals surface area contributed by atoms with E-state index in [4.69, 9.17) is 11.6 Å². The molecule has 3 atom stereocenters. The topological polar surface area (TPSA) is 103 Å². The molecule has 27 heavy (non-hydrogen) atoms. The first-order chi connectivity index (χ1) is 13.2. The second-order valence-electron chi connectivity index (χ2n) is 6.89. The number of anilines is 1. The van der Waals surface area contributed by atoms with E-state index in [1.165, 1.54) is 0 Å². The number of aliphatic hydroxyl groups excluding tert-OH is 1. The number of piperidine rings is 1. The molecule has 5 N–H and O–H groups in total. The first-order valence-corrected chi connectivity index (χ1v) is 9.51. The Bertz CT molecular complexity index is 809. The number of aliphatic hydroxyl groups is 1. The molecule has 2 saturated heterocycles. The van der Waals surface area contributed by atoms with E-state index in [0.717, 1.165) is 25.1 Å². The first-order valence-electron chi connectivity index (χ1n) is 9.13. The molecule has 0 bridgehead atoms. The van der Waals surface area contributed by atoms with Crippen LogP contribution in [0, 0.1) is 5.92 Å². The number of carbonyl (C=O) groups is 1. The summed E-state index contributed by atoms with van der Waals surface area (Å²) in [5.74, 6) is 0.650. The van der Waals surface area contributed by atoms with Crippen molar-refractivity contribution >= 4 is 23.3 Å². The van der Waals surface area contributed by atoms with E-state index in [1.54, 1.807) is 16.8 Å². The van der Waals surface area contributed by atoms with Gasteiger partial charge in [-0.2, -0.15) is 5.10 Å². The third-order valence-electron chi connectivity index (χ3n) is 5.15. The smallest absolute Gasteiger partial charge is 0.244 e. The van der Waals surface area contributed by atoms with E-state index in [-0.39, 0.29) is 24.5 Å². The fourth-order valence-electron chi connectivity index (χ4n) is 3.72. The average molecular weight is 391 g/mol. The summed E-state index contributed by atoms with van der Waals surface area (Å²) in [6.07, 6.45) is 0.991. The van der Waals surface area contributed by atoms with E-state index in [9.17, 15) is 9.90 Å². The van der Waals surface area contributed by atoms with Crippen molar-refractivity contribution in [3.8, 4) is 11.3 Å². The van der Waals surface area contributed by atoms with Crippen LogP contribution in [0.5, 0.6) is 0 Å². The molecule has 0 saturated carbocycles. The van der Waals surface area contributed by atoms with Gasteiger partial charge in [-0.15, -0.1) is 0 Å². The zero-order valence-electron chi connectivity index (χ0n) is 14.8. The molecule has 2 aliphatic rings. The van der Waals surface area contributed by atoms with Gasteiger partial charge >= 0.3 is 0 Å². The summed E-state index contributed by atoms with van der Waals surface area (Å²) in [6.45, 7) is 1.99. The molecule has 1 aromatic carbocycles. The van der Waals surface area contributed by atoms with Crippen LogP contribution in [0.25, 0.3) is 11.3 Å². The maximum atomic E-state index is 12.9. The van der Waals surface area contributed by atoms with Crippen LogP contribution < -0.4 is 21.5 Å². The van der Waals surface area contributed by atoms with Gasteiger partial charge in [0.2, 0.25) is 5.91 Å². The van der Waals surface area contributed by atoms with Gasteiger partial charge in [-0.3, -0.25) is 10.2 Å². The molecule has 3 heterocycles. The van der Waals surface area contributed by atoms with Crippen molar-refractivity contribution in [3.63, 3.8) is 0 Å². The lowest BCUT2D eigenvalue weighted by molar-refractivity contribution is -0.118. The van der Waals surface area contributed by atoms with Gasteiger partial charge in [0.05, 0.1) is 18.8 Å². The minimum absolute atomic E-state index is 0.0670. The van der Waals surface area contributed by atoms with E-state index in [1.807, 2.05) is 18.2 Å². The minimum atomic E-state index is -0.320. The van der Waals surface area contributed by atoms with Crippen molar-refractivity contribution in [2.45, 2.75) is 25.0 Å². The van der Waals surface area contributed by atoms with Gasteiger partial charge in [0, 0.05) is 35.2 Å². The number of nitrogens with zero attached hydrogens (tertiary/aromatic N) is 2. The molecule has 0 aliphatic carbocycles. The standard InChI is InChI=1S/C18H23ClN6O2/c19-12-3-1-11(2-4-12)15-9-16(25(24-15)7-8-26)21-18(27)17-13-10-20-6-5-14(13)22-23-17/h1-4,9,13-14,17,20,22-23,26H,5-8,10H2,(H,21,27). The van der Waals surface area contributed by atoms with E-state index >= 15 is 0 Å². The van der Waals surface area contributed by atoms with Crippen molar-refractivity contribution in [1.29, 1.82) is 0 Å². The highest BCUT2D eigenvalue weighted by molar-refractivity contribution is 6.30.